The maximum Gasteiger partial charge on any atom is 0.334 e. The monoisotopic (exact) mass is 201 g/mol. The molecular weight excluding hydrogens is 182 g/mol. The Morgan fingerprint density at radius 2 is 2.00 bits per heavy atom. The minimum Gasteiger partial charge on any atom is -0.464 e. The van der Waals surface area contributed by atoms with Crippen molar-refractivity contribution >= 4 is 5.97 Å². The first-order chi connectivity index (χ1) is 6.76. The van der Waals surface area contributed by atoms with Gasteiger partial charge >= 0.3 is 5.97 Å². The Morgan fingerprint density at radius 3 is 2.50 bits per heavy atom. The van der Waals surface area contributed by atoms with Gasteiger partial charge in [0.2, 0.25) is 0 Å². The summed E-state index contributed by atoms with van der Waals surface area (Å²) in [5.41, 5.74) is 0. The number of esters is 1. The summed E-state index contributed by atoms with van der Waals surface area (Å²) in [4.78, 5) is 21.5. The highest BCUT2D eigenvalue weighted by Gasteiger charge is 2.19. The Morgan fingerprint density at radius 1 is 1.29 bits per heavy atom. The maximum atomic E-state index is 11.1. The van der Waals surface area contributed by atoms with E-state index in [0.29, 0.717) is 13.0 Å². The fourth-order valence-corrected chi connectivity index (χ4v) is 1.22. The van der Waals surface area contributed by atoms with Crippen molar-refractivity contribution in [2.75, 3.05) is 6.61 Å². The van der Waals surface area contributed by atoms with Crippen LogP contribution in [0.4, 0.5) is 0 Å². The first-order valence-electron chi connectivity index (χ1n) is 5.25. The van der Waals surface area contributed by atoms with Crippen molar-refractivity contribution in [1.29, 1.82) is 0 Å². The van der Waals surface area contributed by atoms with E-state index in [-0.39, 0.29) is 0 Å². The predicted octanol–water partition coefficient (Wildman–Crippen LogP) is 2.65. The zero-order valence-corrected chi connectivity index (χ0v) is 8.99. The van der Waals surface area contributed by atoms with E-state index >= 15 is 0 Å². The molecule has 0 heterocycles. The number of carbonyl (C=O) groups excluding carboxylic acids is 1. The largest absolute Gasteiger partial charge is 0.464 e. The number of hydrogen-bond donors (Lipinski definition) is 0. The lowest BCUT2D eigenvalue weighted by Crippen LogP contribution is -2.20. The molecule has 82 valence electrons. The molecule has 0 aliphatic rings. The van der Waals surface area contributed by atoms with Crippen LogP contribution in [0.5, 0.6) is 0 Å². The van der Waals surface area contributed by atoms with Gasteiger partial charge in [-0.15, -0.1) is 4.91 Å². The molecule has 0 rings (SSSR count). The smallest absolute Gasteiger partial charge is 0.334 e. The van der Waals surface area contributed by atoms with E-state index in [4.69, 9.17) is 4.74 Å². The highest BCUT2D eigenvalue weighted by Crippen LogP contribution is 2.09. The Balaban J connectivity index is 3.67. The van der Waals surface area contributed by atoms with Crippen LogP contribution in [0.2, 0.25) is 0 Å². The normalized spacial score (nSPS) is 12.1. The van der Waals surface area contributed by atoms with E-state index < -0.39 is 12.0 Å². The molecule has 0 radical (unpaired) electrons. The van der Waals surface area contributed by atoms with Crippen molar-refractivity contribution in [3.05, 3.63) is 4.91 Å². The van der Waals surface area contributed by atoms with E-state index in [2.05, 4.69) is 12.1 Å². The average molecular weight is 201 g/mol. The van der Waals surface area contributed by atoms with Gasteiger partial charge in [0.1, 0.15) is 0 Å². The summed E-state index contributed by atoms with van der Waals surface area (Å²) >= 11 is 0. The Labute approximate surface area is 85.0 Å². The molecule has 0 spiro atoms. The topological polar surface area (TPSA) is 55.7 Å². The molecule has 0 aromatic rings. The molecule has 1 atom stereocenters. The second-order valence-electron chi connectivity index (χ2n) is 3.22. The van der Waals surface area contributed by atoms with Gasteiger partial charge in [0, 0.05) is 0 Å². The SMILES string of the molecule is CCCCCCC(N=O)C(=O)OCC. The van der Waals surface area contributed by atoms with Crippen LogP contribution in [0.3, 0.4) is 0 Å². The molecule has 0 saturated heterocycles. The van der Waals surface area contributed by atoms with Crippen LogP contribution in [0, 0.1) is 4.91 Å². The molecule has 0 aromatic carbocycles. The van der Waals surface area contributed by atoms with E-state index in [0.717, 1.165) is 25.7 Å². The van der Waals surface area contributed by atoms with Gasteiger partial charge in [0.15, 0.2) is 6.04 Å². The molecule has 0 amide bonds. The van der Waals surface area contributed by atoms with E-state index in [9.17, 15) is 9.70 Å². The summed E-state index contributed by atoms with van der Waals surface area (Å²) in [7, 11) is 0. The number of unbranched alkanes of at least 4 members (excludes halogenated alkanes) is 3. The minimum absolute atomic E-state index is 0.305. The highest BCUT2D eigenvalue weighted by molar-refractivity contribution is 5.75. The van der Waals surface area contributed by atoms with Crippen molar-refractivity contribution in [1.82, 2.24) is 0 Å². The quantitative estimate of drug-likeness (QED) is 0.344. The number of carbonyl (C=O) groups is 1. The second kappa shape index (κ2) is 8.66. The number of ether oxygens (including phenoxy) is 1. The average Bonchev–Trinajstić information content (AvgIpc) is 2.18. The van der Waals surface area contributed by atoms with Crippen molar-refractivity contribution in [2.24, 2.45) is 5.18 Å². The van der Waals surface area contributed by atoms with Crippen LogP contribution in [0.1, 0.15) is 46.0 Å². The Hall–Kier alpha value is -0.930. The Bertz CT molecular complexity index is 171. The van der Waals surface area contributed by atoms with Gasteiger partial charge < -0.3 is 4.74 Å². The van der Waals surface area contributed by atoms with E-state index in [1.54, 1.807) is 6.92 Å². The summed E-state index contributed by atoms with van der Waals surface area (Å²) in [5, 5.41) is 2.78. The lowest BCUT2D eigenvalue weighted by Gasteiger charge is -2.07. The van der Waals surface area contributed by atoms with E-state index in [1.165, 1.54) is 0 Å². The van der Waals surface area contributed by atoms with Crippen LogP contribution in [-0.4, -0.2) is 18.6 Å². The van der Waals surface area contributed by atoms with Crippen molar-refractivity contribution in [3.8, 4) is 0 Å². The molecular formula is C10H19NO3. The number of hydrogen-bond acceptors (Lipinski definition) is 4. The van der Waals surface area contributed by atoms with E-state index in [1.807, 2.05) is 0 Å². The predicted molar refractivity (Wildman–Crippen MR) is 55.0 cm³/mol. The molecule has 4 heteroatoms. The summed E-state index contributed by atoms with van der Waals surface area (Å²) in [6.45, 7) is 4.14. The molecule has 0 aliphatic carbocycles. The van der Waals surface area contributed by atoms with Gasteiger partial charge in [-0.25, -0.2) is 4.79 Å². The van der Waals surface area contributed by atoms with Gasteiger partial charge in [-0.05, 0) is 13.3 Å². The van der Waals surface area contributed by atoms with Gasteiger partial charge in [-0.3, -0.25) is 0 Å². The van der Waals surface area contributed by atoms with Gasteiger partial charge in [-0.2, -0.15) is 0 Å². The van der Waals surface area contributed by atoms with Crippen LogP contribution < -0.4 is 0 Å². The van der Waals surface area contributed by atoms with Crippen LogP contribution >= 0.6 is 0 Å². The van der Waals surface area contributed by atoms with Crippen molar-refractivity contribution < 1.29 is 9.53 Å². The highest BCUT2D eigenvalue weighted by atomic mass is 16.5. The summed E-state index contributed by atoms with van der Waals surface area (Å²) in [5.74, 6) is -0.487. The molecule has 0 fully saturated rings. The summed E-state index contributed by atoms with van der Waals surface area (Å²) < 4.78 is 4.72. The molecule has 4 nitrogen and oxygen atoms in total. The lowest BCUT2D eigenvalue weighted by atomic mass is 10.1. The van der Waals surface area contributed by atoms with Gasteiger partial charge in [0.25, 0.3) is 0 Å². The van der Waals surface area contributed by atoms with Crippen molar-refractivity contribution in [2.45, 2.75) is 52.0 Å². The molecule has 0 N–H and O–H groups in total. The Kier molecular flexibility index (Phi) is 8.08. The zero-order valence-electron chi connectivity index (χ0n) is 8.99. The third-order valence-corrected chi connectivity index (χ3v) is 2.02. The standard InChI is InChI=1S/C10H19NO3/c1-3-5-6-7-8-9(11-13)10(12)14-4-2/h9H,3-8H2,1-2H3. The first-order valence-corrected chi connectivity index (χ1v) is 5.25. The van der Waals surface area contributed by atoms with Crippen LogP contribution in [0.25, 0.3) is 0 Å². The van der Waals surface area contributed by atoms with Crippen molar-refractivity contribution in [3.63, 3.8) is 0 Å². The van der Waals surface area contributed by atoms with Crippen LogP contribution in [0.15, 0.2) is 5.18 Å². The van der Waals surface area contributed by atoms with Gasteiger partial charge in [-0.1, -0.05) is 37.8 Å². The van der Waals surface area contributed by atoms with Gasteiger partial charge in [0.05, 0.1) is 6.61 Å². The zero-order chi connectivity index (χ0) is 10.8. The van der Waals surface area contributed by atoms with Crippen LogP contribution in [-0.2, 0) is 9.53 Å². The minimum atomic E-state index is -0.799. The second-order valence-corrected chi connectivity index (χ2v) is 3.22. The molecule has 14 heavy (non-hydrogen) atoms. The molecule has 0 aromatic heterocycles. The first kappa shape index (κ1) is 13.1. The number of rotatable bonds is 8. The molecule has 1 unspecified atom stereocenters. The molecule has 0 bridgehead atoms. The summed E-state index contributed by atoms with van der Waals surface area (Å²) in [6, 6.07) is -0.799. The fourth-order valence-electron chi connectivity index (χ4n) is 1.22. The summed E-state index contributed by atoms with van der Waals surface area (Å²) in [6.07, 6.45) is 4.69. The fraction of sp³-hybridized carbons (Fsp3) is 0.900. The number of nitrogens with zero attached hydrogens (tertiary/aromatic N) is 1. The molecule has 0 saturated carbocycles. The third kappa shape index (κ3) is 5.67. The number of nitroso groups, excluding NO2 is 1. The maximum absolute atomic E-state index is 11.1. The third-order valence-electron chi connectivity index (χ3n) is 2.02. The lowest BCUT2D eigenvalue weighted by molar-refractivity contribution is -0.144. The molecule has 0 aliphatic heterocycles.